The van der Waals surface area contributed by atoms with Crippen molar-refractivity contribution in [1.82, 2.24) is 20.5 Å². The smallest absolute Gasteiger partial charge is 0.328 e. The topological polar surface area (TPSA) is 186 Å². The molecule has 0 radical (unpaired) electrons. The third-order valence-electron chi connectivity index (χ3n) is 16.0. The van der Waals surface area contributed by atoms with E-state index in [1.54, 1.807) is 18.0 Å². The average Bonchev–Trinajstić information content (AvgIpc) is 3.89. The Hall–Kier alpha value is -6.83. The molecule has 1 saturated carbocycles. The predicted molar refractivity (Wildman–Crippen MR) is 276 cm³/mol. The summed E-state index contributed by atoms with van der Waals surface area (Å²) in [5, 5.41) is 27.3. The summed E-state index contributed by atoms with van der Waals surface area (Å²) in [5.41, 5.74) is 4.70. The van der Waals surface area contributed by atoms with Gasteiger partial charge in [-0.3, -0.25) is 9.59 Å². The molecule has 10 atom stereocenters. The normalized spacial score (nSPS) is 27.1. The second-order valence-corrected chi connectivity index (χ2v) is 20.5. The minimum absolute atomic E-state index is 0.0276. The second-order valence-electron chi connectivity index (χ2n) is 20.5. The van der Waals surface area contributed by atoms with Crippen LogP contribution in [0.25, 0.3) is 0 Å². The number of hydrogen-bond acceptors (Lipinski definition) is 12. The zero-order valence-electron chi connectivity index (χ0n) is 42.8. The first-order valence-electron chi connectivity index (χ1n) is 26.1. The number of nitrogens with zero attached hydrogens (tertiary/aromatic N) is 2. The minimum atomic E-state index is -0.936. The Bertz CT molecular complexity index is 2620. The average molecular weight is 997 g/mol. The van der Waals surface area contributed by atoms with E-state index in [0.29, 0.717) is 38.6 Å². The Morgan fingerprint density at radius 2 is 1.30 bits per heavy atom. The number of carbonyl (C=O) groups is 4. The first-order valence-corrected chi connectivity index (χ1v) is 26.1. The number of esters is 2. The fourth-order valence-electron chi connectivity index (χ4n) is 12.4. The van der Waals surface area contributed by atoms with Gasteiger partial charge < -0.3 is 44.7 Å². The van der Waals surface area contributed by atoms with Crippen LogP contribution in [0.1, 0.15) is 110 Å². The second kappa shape index (κ2) is 24.3. The van der Waals surface area contributed by atoms with Gasteiger partial charge in [-0.15, -0.1) is 0 Å². The minimum Gasteiger partial charge on any atom is -0.503 e. The molecule has 3 aromatic carbocycles. The predicted octanol–water partition coefficient (Wildman–Crippen LogP) is 8.93. The highest BCUT2D eigenvalue weighted by Crippen LogP contribution is 2.50. The number of hydrogen-bond donors (Lipinski definition) is 4. The van der Waals surface area contributed by atoms with Gasteiger partial charge in [0.15, 0.2) is 28.7 Å². The number of aliphatic hydroxyl groups excluding tert-OH is 1. The molecule has 2 amide bonds. The quantitative estimate of drug-likeness (QED) is 0.0881. The summed E-state index contributed by atoms with van der Waals surface area (Å²) < 4.78 is 23.2. The number of benzene rings is 3. The number of nitrogens with one attached hydrogen (secondary N) is 2. The molecule has 3 unspecified atom stereocenters. The SMILES string of the molecule is COC1=CCN(C)C(C(=O)N[C@H]2CCC[C@H](Cc3ccccc3)C(C3CCCC3c3cccc(C[C@H]4CCC[C@H](NC(=O)c5nccc(OC)c5O)C(=O)O[C@@H](C)[C@@H]4Cc4ccccc4)c3)[C@H](C)OC2=O)=C1O. The summed E-state index contributed by atoms with van der Waals surface area (Å²) in [6.07, 6.45) is 11.3. The van der Waals surface area contributed by atoms with Crippen molar-refractivity contribution >= 4 is 23.8 Å². The maximum absolute atomic E-state index is 14.2. The van der Waals surface area contributed by atoms with Gasteiger partial charge in [0, 0.05) is 37.7 Å². The Morgan fingerprint density at radius 1 is 0.699 bits per heavy atom. The molecule has 4 aromatic rings. The molecule has 14 heteroatoms. The number of aliphatic hydroxyl groups is 1. The molecule has 1 aromatic heterocycles. The van der Waals surface area contributed by atoms with E-state index in [4.69, 9.17) is 18.9 Å². The molecule has 14 nitrogen and oxygen atoms in total. The molecule has 2 saturated heterocycles. The Balaban J connectivity index is 1.03. The van der Waals surface area contributed by atoms with Gasteiger partial charge in [-0.1, -0.05) is 104 Å². The molecule has 3 fully saturated rings. The van der Waals surface area contributed by atoms with E-state index in [0.717, 1.165) is 50.5 Å². The van der Waals surface area contributed by atoms with Gasteiger partial charge in [-0.25, -0.2) is 14.6 Å². The number of rotatable bonds is 14. The molecular weight excluding hydrogens is 925 g/mol. The molecule has 388 valence electrons. The molecule has 4 N–H and O–H groups in total. The molecule has 0 bridgehead atoms. The van der Waals surface area contributed by atoms with Crippen molar-refractivity contribution in [3.63, 3.8) is 0 Å². The fourth-order valence-corrected chi connectivity index (χ4v) is 12.4. The van der Waals surface area contributed by atoms with Crippen molar-refractivity contribution in [2.75, 3.05) is 27.8 Å². The number of carbonyl (C=O) groups excluding carboxylic acids is 4. The van der Waals surface area contributed by atoms with Crippen LogP contribution in [0.4, 0.5) is 0 Å². The lowest BCUT2D eigenvalue weighted by atomic mass is 9.68. The molecule has 8 rings (SSSR count). The van der Waals surface area contributed by atoms with Crippen molar-refractivity contribution < 1.29 is 48.3 Å². The van der Waals surface area contributed by atoms with Crippen LogP contribution in [0.15, 0.2) is 120 Å². The van der Waals surface area contributed by atoms with Crippen molar-refractivity contribution in [2.45, 2.75) is 121 Å². The summed E-state index contributed by atoms with van der Waals surface area (Å²) in [5.74, 6) is -1.78. The molecule has 3 aliphatic heterocycles. The number of methoxy groups -OCH3 is 2. The molecular formula is C59H72N4O10. The highest BCUT2D eigenvalue weighted by molar-refractivity contribution is 5.98. The zero-order chi connectivity index (χ0) is 51.6. The van der Waals surface area contributed by atoms with Gasteiger partial charge >= 0.3 is 11.9 Å². The van der Waals surface area contributed by atoms with Crippen LogP contribution in [0.2, 0.25) is 0 Å². The van der Waals surface area contributed by atoms with E-state index in [9.17, 15) is 29.4 Å². The van der Waals surface area contributed by atoms with Gasteiger partial charge in [-0.2, -0.15) is 0 Å². The zero-order valence-corrected chi connectivity index (χ0v) is 42.8. The molecule has 0 spiro atoms. The maximum atomic E-state index is 14.2. The van der Waals surface area contributed by atoms with Gasteiger partial charge in [-0.05, 0) is 124 Å². The largest absolute Gasteiger partial charge is 0.503 e. The van der Waals surface area contributed by atoms with Crippen molar-refractivity contribution in [3.05, 3.63) is 148 Å². The molecule has 4 aliphatic rings. The van der Waals surface area contributed by atoms with Crippen molar-refractivity contribution in [3.8, 4) is 11.5 Å². The standard InChI is InChI=1S/C59H72N4O10/c1-36-46(35-39-18-10-7-11-19-39)42(22-13-26-47(58(68)72-36)61-56(66)52-54(64)49(70-4)28-30-60-52)34-40-20-12-21-41(33-40)44-24-15-25-45(44)51-37(2)73-59(69)48(27-14-23-43(51)32-38-16-8-6-9-17-38)62-57(67)53-55(65)50(71-5)29-31-63(53)3/h6-12,16-21,28-30,33,36-37,42-48,51,64-65H,13-15,22-27,31-32,34-35H2,1-5H3,(H,61,66)(H,62,67)/t36-,37-,42+,43+,44?,45?,46-,47-,48-,51?/m0/s1. The summed E-state index contributed by atoms with van der Waals surface area (Å²) in [4.78, 5) is 61.1. The van der Waals surface area contributed by atoms with E-state index in [1.165, 1.54) is 43.2 Å². The van der Waals surface area contributed by atoms with Crippen molar-refractivity contribution in [1.29, 1.82) is 0 Å². The van der Waals surface area contributed by atoms with Crippen LogP contribution in [0.3, 0.4) is 0 Å². The van der Waals surface area contributed by atoms with Gasteiger partial charge in [0.1, 0.15) is 30.0 Å². The van der Waals surface area contributed by atoms with E-state index in [2.05, 4.69) is 76.3 Å². The Kier molecular flexibility index (Phi) is 17.4. The number of aromatic nitrogens is 1. The number of amides is 2. The lowest BCUT2D eigenvalue weighted by molar-refractivity contribution is -0.156. The van der Waals surface area contributed by atoms with Crippen LogP contribution < -0.4 is 15.4 Å². The summed E-state index contributed by atoms with van der Waals surface area (Å²) in [6.45, 7) is 4.35. The number of likely N-dealkylation sites (N-methyl/N-ethyl adjacent to an activating group) is 1. The van der Waals surface area contributed by atoms with Gasteiger partial charge in [0.05, 0.1) is 14.2 Å². The monoisotopic (exact) mass is 997 g/mol. The first kappa shape index (κ1) is 52.5. The van der Waals surface area contributed by atoms with E-state index in [-0.39, 0.29) is 64.2 Å². The molecule has 73 heavy (non-hydrogen) atoms. The summed E-state index contributed by atoms with van der Waals surface area (Å²) in [6, 6.07) is 29.5. The highest BCUT2D eigenvalue weighted by atomic mass is 16.5. The first-order chi connectivity index (χ1) is 35.3. The van der Waals surface area contributed by atoms with E-state index in [1.807, 2.05) is 38.1 Å². The number of aromatic hydroxyl groups is 1. The summed E-state index contributed by atoms with van der Waals surface area (Å²) in [7, 11) is 4.54. The molecule has 1 aliphatic carbocycles. The van der Waals surface area contributed by atoms with Gasteiger partial charge in [0.2, 0.25) is 0 Å². The third-order valence-corrected chi connectivity index (χ3v) is 16.0. The van der Waals surface area contributed by atoms with Crippen LogP contribution in [-0.4, -0.2) is 96.0 Å². The third kappa shape index (κ3) is 12.5. The van der Waals surface area contributed by atoms with Crippen LogP contribution >= 0.6 is 0 Å². The van der Waals surface area contributed by atoms with Gasteiger partial charge in [0.25, 0.3) is 11.8 Å². The molecule has 4 heterocycles. The Labute approximate surface area is 429 Å². The van der Waals surface area contributed by atoms with E-state index < -0.39 is 53.8 Å². The number of pyridine rings is 1. The highest BCUT2D eigenvalue weighted by Gasteiger charge is 2.44. The number of cyclic esters (lactones) is 2. The van der Waals surface area contributed by atoms with Crippen LogP contribution in [0.5, 0.6) is 11.5 Å². The Morgan fingerprint density at radius 3 is 1.97 bits per heavy atom. The van der Waals surface area contributed by atoms with Crippen LogP contribution in [-0.2, 0) is 47.9 Å². The maximum Gasteiger partial charge on any atom is 0.328 e. The fraction of sp³-hybridized carbons (Fsp3) is 0.475. The van der Waals surface area contributed by atoms with E-state index >= 15 is 0 Å². The van der Waals surface area contributed by atoms with Crippen LogP contribution in [0, 0.1) is 29.6 Å². The summed E-state index contributed by atoms with van der Waals surface area (Å²) >= 11 is 0. The van der Waals surface area contributed by atoms with Crippen molar-refractivity contribution in [2.24, 2.45) is 29.6 Å². The lowest BCUT2D eigenvalue weighted by Crippen LogP contribution is -2.47. The number of ether oxygens (including phenoxy) is 4. The lowest BCUT2D eigenvalue weighted by Gasteiger charge is -2.39.